The minimum absolute atomic E-state index is 0.0324. The number of sulfonamides is 1. The van der Waals surface area contributed by atoms with Crippen LogP contribution in [-0.2, 0) is 10.0 Å². The van der Waals surface area contributed by atoms with Gasteiger partial charge in [-0.05, 0) is 75.1 Å². The molecule has 150 valence electrons. The van der Waals surface area contributed by atoms with E-state index in [0.717, 1.165) is 12.8 Å². The maximum atomic E-state index is 12.7. The number of nitrogens with one attached hydrogen (secondary N) is 2. The van der Waals surface area contributed by atoms with Crippen LogP contribution >= 0.6 is 11.6 Å². The summed E-state index contributed by atoms with van der Waals surface area (Å²) in [5.74, 6) is 0.763. The predicted octanol–water partition coefficient (Wildman–Crippen LogP) is 4.07. The van der Waals surface area contributed by atoms with Crippen LogP contribution in [0.2, 0.25) is 5.02 Å². The van der Waals surface area contributed by atoms with Crippen molar-refractivity contribution in [2.45, 2.75) is 37.6 Å². The molecular formula is C20H23ClN2O4S. The fraction of sp³-hybridized carbons (Fsp3) is 0.350. The molecule has 6 nitrogen and oxygen atoms in total. The van der Waals surface area contributed by atoms with Gasteiger partial charge in [0.05, 0.1) is 22.1 Å². The first-order valence-electron chi connectivity index (χ1n) is 9.16. The Balaban J connectivity index is 1.78. The molecule has 1 aliphatic carbocycles. The Morgan fingerprint density at radius 2 is 1.89 bits per heavy atom. The molecule has 28 heavy (non-hydrogen) atoms. The van der Waals surface area contributed by atoms with Gasteiger partial charge in [-0.25, -0.2) is 8.42 Å². The first kappa shape index (κ1) is 20.5. The minimum Gasteiger partial charge on any atom is -0.494 e. The van der Waals surface area contributed by atoms with Crippen molar-refractivity contribution in [3.05, 3.63) is 53.1 Å². The number of benzene rings is 2. The van der Waals surface area contributed by atoms with Gasteiger partial charge in [-0.2, -0.15) is 0 Å². The van der Waals surface area contributed by atoms with E-state index in [9.17, 15) is 13.2 Å². The van der Waals surface area contributed by atoms with E-state index >= 15 is 0 Å². The van der Waals surface area contributed by atoms with Crippen molar-refractivity contribution in [3.63, 3.8) is 0 Å². The zero-order valence-corrected chi connectivity index (χ0v) is 17.3. The van der Waals surface area contributed by atoms with Crippen molar-refractivity contribution in [2.24, 2.45) is 5.92 Å². The van der Waals surface area contributed by atoms with E-state index in [-0.39, 0.29) is 27.4 Å². The van der Waals surface area contributed by atoms with Gasteiger partial charge in [-0.3, -0.25) is 9.52 Å². The van der Waals surface area contributed by atoms with Crippen molar-refractivity contribution in [1.29, 1.82) is 0 Å². The van der Waals surface area contributed by atoms with Gasteiger partial charge < -0.3 is 10.1 Å². The molecule has 0 heterocycles. The molecule has 0 bridgehead atoms. The maximum Gasteiger partial charge on any atom is 0.261 e. The van der Waals surface area contributed by atoms with Gasteiger partial charge >= 0.3 is 0 Å². The van der Waals surface area contributed by atoms with Crippen LogP contribution in [0.5, 0.6) is 5.75 Å². The molecule has 0 radical (unpaired) electrons. The van der Waals surface area contributed by atoms with Crippen LogP contribution in [-0.4, -0.2) is 27.0 Å². The van der Waals surface area contributed by atoms with Crippen molar-refractivity contribution in [2.75, 3.05) is 11.3 Å². The number of carbonyl (C=O) groups is 1. The molecule has 0 aromatic heterocycles. The molecule has 2 N–H and O–H groups in total. The average Bonchev–Trinajstić information content (AvgIpc) is 3.48. The molecule has 2 aromatic carbocycles. The van der Waals surface area contributed by atoms with Crippen LogP contribution in [0, 0.1) is 5.92 Å². The average molecular weight is 423 g/mol. The van der Waals surface area contributed by atoms with E-state index < -0.39 is 10.0 Å². The monoisotopic (exact) mass is 422 g/mol. The normalized spacial score (nSPS) is 15.0. The summed E-state index contributed by atoms with van der Waals surface area (Å²) in [5.41, 5.74) is 0.537. The number of carbonyl (C=O) groups excluding carboxylic acids is 1. The van der Waals surface area contributed by atoms with E-state index in [1.165, 1.54) is 18.2 Å². The fourth-order valence-electron chi connectivity index (χ4n) is 2.84. The number of amides is 1. The highest BCUT2D eigenvalue weighted by molar-refractivity contribution is 7.92. The lowest BCUT2D eigenvalue weighted by Gasteiger charge is -2.15. The Morgan fingerprint density at radius 1 is 1.21 bits per heavy atom. The quantitative estimate of drug-likeness (QED) is 0.671. The highest BCUT2D eigenvalue weighted by Crippen LogP contribution is 2.32. The van der Waals surface area contributed by atoms with Crippen molar-refractivity contribution >= 4 is 33.2 Å². The van der Waals surface area contributed by atoms with Crippen LogP contribution in [0.25, 0.3) is 0 Å². The Kier molecular flexibility index (Phi) is 6.15. The number of hydrogen-bond acceptors (Lipinski definition) is 4. The van der Waals surface area contributed by atoms with Gasteiger partial charge in [0, 0.05) is 11.7 Å². The van der Waals surface area contributed by atoms with E-state index in [2.05, 4.69) is 10.0 Å². The van der Waals surface area contributed by atoms with Gasteiger partial charge in [0.15, 0.2) is 0 Å². The molecule has 1 fully saturated rings. The third-order valence-electron chi connectivity index (χ3n) is 4.60. The summed E-state index contributed by atoms with van der Waals surface area (Å²) in [6.07, 6.45) is 2.19. The summed E-state index contributed by atoms with van der Waals surface area (Å²) in [4.78, 5) is 12.5. The van der Waals surface area contributed by atoms with E-state index in [1.807, 2.05) is 13.8 Å². The molecular weight excluding hydrogens is 400 g/mol. The second kappa shape index (κ2) is 8.41. The largest absolute Gasteiger partial charge is 0.494 e. The topological polar surface area (TPSA) is 84.5 Å². The molecule has 0 saturated heterocycles. The van der Waals surface area contributed by atoms with Crippen LogP contribution < -0.4 is 14.8 Å². The summed E-state index contributed by atoms with van der Waals surface area (Å²) in [6, 6.07) is 10.7. The van der Waals surface area contributed by atoms with Crippen LogP contribution in [0.3, 0.4) is 0 Å². The standard InChI is InChI=1S/C20H23ClN2O4S/c1-3-27-16-8-6-15(7-9-16)23-28(25,26)17-10-11-19(21)18(12-17)20(24)22-13(2)14-4-5-14/h6-14,23H,3-5H2,1-2H3,(H,22,24)/t13-/m0/s1. The summed E-state index contributed by atoms with van der Waals surface area (Å²) >= 11 is 6.14. The lowest BCUT2D eigenvalue weighted by molar-refractivity contribution is 0.0936. The minimum atomic E-state index is -3.87. The summed E-state index contributed by atoms with van der Waals surface area (Å²) in [6.45, 7) is 4.34. The molecule has 8 heteroatoms. The fourth-order valence-corrected chi connectivity index (χ4v) is 4.13. The van der Waals surface area contributed by atoms with Gasteiger partial charge in [0.25, 0.3) is 15.9 Å². The smallest absolute Gasteiger partial charge is 0.261 e. The van der Waals surface area contributed by atoms with Crippen molar-refractivity contribution in [3.8, 4) is 5.75 Å². The number of halogens is 1. The zero-order chi connectivity index (χ0) is 20.3. The predicted molar refractivity (Wildman–Crippen MR) is 110 cm³/mol. The van der Waals surface area contributed by atoms with Crippen LogP contribution in [0.4, 0.5) is 5.69 Å². The summed E-state index contributed by atoms with van der Waals surface area (Å²) < 4.78 is 33.3. The summed E-state index contributed by atoms with van der Waals surface area (Å²) in [7, 11) is -3.87. The molecule has 3 rings (SSSR count). The first-order valence-corrected chi connectivity index (χ1v) is 11.0. The SMILES string of the molecule is CCOc1ccc(NS(=O)(=O)c2ccc(Cl)c(C(=O)N[C@@H](C)C3CC3)c2)cc1. The molecule has 1 atom stereocenters. The first-order chi connectivity index (χ1) is 13.3. The molecule has 0 unspecified atom stereocenters. The van der Waals surface area contributed by atoms with Crippen LogP contribution in [0.15, 0.2) is 47.4 Å². The number of hydrogen-bond donors (Lipinski definition) is 2. The van der Waals surface area contributed by atoms with Crippen LogP contribution in [0.1, 0.15) is 37.0 Å². The molecule has 2 aromatic rings. The van der Waals surface area contributed by atoms with Gasteiger partial charge in [-0.15, -0.1) is 0 Å². The lowest BCUT2D eigenvalue weighted by Crippen LogP contribution is -2.34. The van der Waals surface area contributed by atoms with Gasteiger partial charge in [0.1, 0.15) is 5.75 Å². The molecule has 1 aliphatic rings. The van der Waals surface area contributed by atoms with Gasteiger partial charge in [-0.1, -0.05) is 11.6 Å². The number of anilines is 1. The highest BCUT2D eigenvalue weighted by atomic mass is 35.5. The Hall–Kier alpha value is -2.25. The second-order valence-electron chi connectivity index (χ2n) is 6.80. The van der Waals surface area contributed by atoms with E-state index in [1.54, 1.807) is 24.3 Å². The van der Waals surface area contributed by atoms with Crippen molar-refractivity contribution in [1.82, 2.24) is 5.32 Å². The molecule has 0 aliphatic heterocycles. The molecule has 0 spiro atoms. The highest BCUT2D eigenvalue weighted by Gasteiger charge is 2.29. The summed E-state index contributed by atoms with van der Waals surface area (Å²) in [5, 5.41) is 3.10. The Labute approximate surface area is 170 Å². The molecule has 1 saturated carbocycles. The number of rotatable bonds is 8. The zero-order valence-electron chi connectivity index (χ0n) is 15.7. The third-order valence-corrected chi connectivity index (χ3v) is 6.31. The number of ether oxygens (including phenoxy) is 1. The van der Waals surface area contributed by atoms with E-state index in [0.29, 0.717) is 24.0 Å². The second-order valence-corrected chi connectivity index (χ2v) is 8.89. The maximum absolute atomic E-state index is 12.7. The Bertz CT molecular complexity index is 957. The van der Waals surface area contributed by atoms with Crippen molar-refractivity contribution < 1.29 is 17.9 Å². The Morgan fingerprint density at radius 3 is 2.50 bits per heavy atom. The van der Waals surface area contributed by atoms with Gasteiger partial charge in [0.2, 0.25) is 0 Å². The lowest BCUT2D eigenvalue weighted by atomic mass is 10.1. The third kappa shape index (κ3) is 4.97. The molecule has 1 amide bonds. The van der Waals surface area contributed by atoms with E-state index in [4.69, 9.17) is 16.3 Å².